The molecule has 2 aromatic carbocycles. The van der Waals surface area contributed by atoms with Crippen LogP contribution in [0.5, 0.6) is 0 Å². The highest BCUT2D eigenvalue weighted by molar-refractivity contribution is 6.06. The number of anilines is 1. The van der Waals surface area contributed by atoms with Crippen molar-refractivity contribution in [1.29, 1.82) is 0 Å². The maximum atomic E-state index is 8.91. The van der Waals surface area contributed by atoms with Gasteiger partial charge in [-0.1, -0.05) is 47.6 Å². The number of para-hydroxylation sites is 1. The van der Waals surface area contributed by atoms with E-state index in [4.69, 9.17) is 20.7 Å². The zero-order chi connectivity index (χ0) is 20.9. The molecule has 0 aliphatic rings. The van der Waals surface area contributed by atoms with Gasteiger partial charge in [-0.15, -0.1) is 0 Å². The highest BCUT2D eigenvalue weighted by Gasteiger charge is 2.17. The Labute approximate surface area is 174 Å². The van der Waals surface area contributed by atoms with Crippen LogP contribution in [0.25, 0.3) is 21.9 Å². The average molecular weight is 403 g/mol. The molecule has 0 saturated carbocycles. The number of nitrogens with zero attached hydrogens (tertiary/aromatic N) is 4. The molecule has 7 heteroatoms. The van der Waals surface area contributed by atoms with Crippen LogP contribution in [0.3, 0.4) is 0 Å². The van der Waals surface area contributed by atoms with Gasteiger partial charge in [-0.3, -0.25) is 0 Å². The maximum Gasteiger partial charge on any atom is 0.152 e. The molecule has 7 nitrogen and oxygen atoms in total. The lowest BCUT2D eigenvalue weighted by Crippen LogP contribution is -2.08. The van der Waals surface area contributed by atoms with Crippen molar-refractivity contribution in [3.63, 3.8) is 0 Å². The summed E-state index contributed by atoms with van der Waals surface area (Å²) < 4.78 is 7.87. The van der Waals surface area contributed by atoms with E-state index < -0.39 is 0 Å². The molecule has 0 radical (unpaired) electrons. The quantitative estimate of drug-likeness (QED) is 0.262. The Kier molecular flexibility index (Phi) is 5.90. The number of pyridine rings is 1. The minimum Gasteiger partial charge on any atom is -0.411 e. The number of benzene rings is 2. The van der Waals surface area contributed by atoms with Gasteiger partial charge in [-0.2, -0.15) is 0 Å². The van der Waals surface area contributed by atoms with Crippen LogP contribution in [-0.2, 0) is 24.3 Å². The van der Waals surface area contributed by atoms with Crippen molar-refractivity contribution in [2.45, 2.75) is 32.9 Å². The number of hydrogen-bond acceptors (Lipinski definition) is 6. The van der Waals surface area contributed by atoms with E-state index in [0.29, 0.717) is 19.0 Å². The summed E-state index contributed by atoms with van der Waals surface area (Å²) in [6.07, 6.45) is 3.20. The zero-order valence-electron chi connectivity index (χ0n) is 17.0. The molecule has 0 saturated heterocycles. The van der Waals surface area contributed by atoms with E-state index in [1.165, 1.54) is 6.21 Å². The van der Waals surface area contributed by atoms with Crippen LogP contribution in [0.2, 0.25) is 0 Å². The molecule has 0 bridgehead atoms. The van der Waals surface area contributed by atoms with E-state index >= 15 is 0 Å². The summed E-state index contributed by atoms with van der Waals surface area (Å²) in [5.74, 6) is 1.28. The lowest BCUT2D eigenvalue weighted by Gasteiger charge is -2.12. The maximum absolute atomic E-state index is 8.91. The topological polar surface area (TPSA) is 98.6 Å². The number of nitrogen functional groups attached to an aromatic ring is 1. The van der Waals surface area contributed by atoms with Crippen molar-refractivity contribution < 1.29 is 9.94 Å². The normalized spacial score (nSPS) is 11.8. The molecule has 3 N–H and O–H groups in total. The summed E-state index contributed by atoms with van der Waals surface area (Å²) in [5.41, 5.74) is 10.9. The van der Waals surface area contributed by atoms with Crippen LogP contribution in [0.4, 0.5) is 5.82 Å². The Hall–Kier alpha value is -3.45. The highest BCUT2D eigenvalue weighted by Crippen LogP contribution is 2.29. The van der Waals surface area contributed by atoms with Crippen molar-refractivity contribution in [2.24, 2.45) is 5.16 Å². The second kappa shape index (κ2) is 8.92. The monoisotopic (exact) mass is 403 g/mol. The van der Waals surface area contributed by atoms with E-state index in [1.54, 1.807) is 0 Å². The molecule has 0 spiro atoms. The number of imidazole rings is 1. The largest absolute Gasteiger partial charge is 0.411 e. The van der Waals surface area contributed by atoms with Gasteiger partial charge in [-0.25, -0.2) is 9.97 Å². The highest BCUT2D eigenvalue weighted by atomic mass is 16.5. The Balaban J connectivity index is 1.71. The number of nitrogens with two attached hydrogens (primary N) is 1. The third-order valence-electron chi connectivity index (χ3n) is 5.20. The minimum atomic E-state index is 0.423. The molecule has 154 valence electrons. The molecule has 30 heavy (non-hydrogen) atoms. The van der Waals surface area contributed by atoms with Gasteiger partial charge in [0.05, 0.1) is 17.2 Å². The molecule has 4 aromatic rings. The molecular weight excluding hydrogens is 378 g/mol. The summed E-state index contributed by atoms with van der Waals surface area (Å²) in [6.45, 7) is 3.77. The van der Waals surface area contributed by atoms with Crippen molar-refractivity contribution in [3.05, 3.63) is 65.5 Å². The standard InChI is InChI=1S/C23H25N5O2/c1-2-30-15-20-27-21-22(18-11-5-6-12-19(18)26-23(21)24)28(20)13-7-10-16-8-3-4-9-17(16)14-25-29/h3-6,8-9,11-12,14,29H,2,7,10,13,15H2,1H3,(H2,24,26). The SMILES string of the molecule is CCOCc1nc2c(N)nc3ccccc3c2n1CCCc1ccccc1C=NO. The summed E-state index contributed by atoms with van der Waals surface area (Å²) in [6, 6.07) is 15.9. The third-order valence-corrected chi connectivity index (χ3v) is 5.20. The fourth-order valence-electron chi connectivity index (χ4n) is 3.83. The van der Waals surface area contributed by atoms with Gasteiger partial charge in [-0.05, 0) is 37.0 Å². The smallest absolute Gasteiger partial charge is 0.152 e. The van der Waals surface area contributed by atoms with Crippen LogP contribution in [0, 0.1) is 0 Å². The molecule has 0 aliphatic carbocycles. The van der Waals surface area contributed by atoms with Crippen molar-refractivity contribution in [1.82, 2.24) is 14.5 Å². The van der Waals surface area contributed by atoms with Crippen molar-refractivity contribution in [3.8, 4) is 0 Å². The molecule has 0 atom stereocenters. The van der Waals surface area contributed by atoms with Crippen LogP contribution < -0.4 is 5.73 Å². The van der Waals surface area contributed by atoms with Crippen LogP contribution in [-0.4, -0.2) is 32.6 Å². The number of fused-ring (bicyclic) bond motifs is 3. The molecule has 2 heterocycles. The first-order valence-electron chi connectivity index (χ1n) is 10.1. The summed E-state index contributed by atoms with van der Waals surface area (Å²) >= 11 is 0. The number of rotatable bonds is 8. The fourth-order valence-corrected chi connectivity index (χ4v) is 3.83. The third kappa shape index (κ3) is 3.84. The van der Waals surface area contributed by atoms with Gasteiger partial charge in [0.25, 0.3) is 0 Å². The second-order valence-corrected chi connectivity index (χ2v) is 7.08. The Morgan fingerprint density at radius 2 is 1.93 bits per heavy atom. The first-order chi connectivity index (χ1) is 14.7. The first-order valence-corrected chi connectivity index (χ1v) is 10.1. The average Bonchev–Trinajstić information content (AvgIpc) is 3.13. The van der Waals surface area contributed by atoms with E-state index in [0.717, 1.165) is 58.3 Å². The Morgan fingerprint density at radius 3 is 2.77 bits per heavy atom. The number of ether oxygens (including phenoxy) is 1. The first kappa shape index (κ1) is 19.8. The van der Waals surface area contributed by atoms with Gasteiger partial charge in [0.15, 0.2) is 5.82 Å². The van der Waals surface area contributed by atoms with Gasteiger partial charge < -0.3 is 20.2 Å². The number of hydrogen-bond donors (Lipinski definition) is 2. The number of aryl methyl sites for hydroxylation is 2. The van der Waals surface area contributed by atoms with E-state index in [1.807, 2.05) is 43.3 Å². The van der Waals surface area contributed by atoms with Crippen molar-refractivity contribution in [2.75, 3.05) is 12.3 Å². The van der Waals surface area contributed by atoms with Gasteiger partial charge >= 0.3 is 0 Å². The molecule has 4 rings (SSSR count). The van der Waals surface area contributed by atoms with Gasteiger partial charge in [0.2, 0.25) is 0 Å². The molecule has 0 amide bonds. The van der Waals surface area contributed by atoms with E-state index in [9.17, 15) is 0 Å². The molecule has 0 unspecified atom stereocenters. The minimum absolute atomic E-state index is 0.423. The lowest BCUT2D eigenvalue weighted by atomic mass is 10.0. The summed E-state index contributed by atoms with van der Waals surface area (Å²) in [5, 5.41) is 13.1. The number of oxime groups is 1. The lowest BCUT2D eigenvalue weighted by molar-refractivity contribution is 0.126. The van der Waals surface area contributed by atoms with Crippen LogP contribution in [0.15, 0.2) is 53.7 Å². The Morgan fingerprint density at radius 1 is 1.13 bits per heavy atom. The van der Waals surface area contributed by atoms with E-state index in [-0.39, 0.29) is 0 Å². The van der Waals surface area contributed by atoms with Crippen LogP contribution >= 0.6 is 0 Å². The van der Waals surface area contributed by atoms with Crippen LogP contribution in [0.1, 0.15) is 30.3 Å². The molecule has 2 aromatic heterocycles. The molecular formula is C23H25N5O2. The Bertz CT molecular complexity index is 1200. The predicted molar refractivity (Wildman–Crippen MR) is 119 cm³/mol. The summed E-state index contributed by atoms with van der Waals surface area (Å²) in [7, 11) is 0. The predicted octanol–water partition coefficient (Wildman–Crippen LogP) is 4.14. The molecule has 0 aliphatic heterocycles. The van der Waals surface area contributed by atoms with Gasteiger partial charge in [0, 0.05) is 18.5 Å². The zero-order valence-corrected chi connectivity index (χ0v) is 17.0. The van der Waals surface area contributed by atoms with E-state index in [2.05, 4.69) is 26.8 Å². The fraction of sp³-hybridized carbons (Fsp3) is 0.261. The van der Waals surface area contributed by atoms with Crippen molar-refractivity contribution >= 4 is 34.0 Å². The number of aromatic nitrogens is 3. The summed E-state index contributed by atoms with van der Waals surface area (Å²) in [4.78, 5) is 9.29. The van der Waals surface area contributed by atoms with Gasteiger partial charge in [0.1, 0.15) is 17.9 Å². The second-order valence-electron chi connectivity index (χ2n) is 7.08. The molecule has 0 fully saturated rings.